The Morgan fingerprint density at radius 2 is 2.24 bits per heavy atom. The van der Waals surface area contributed by atoms with Crippen LogP contribution in [0.15, 0.2) is 6.20 Å². The zero-order valence-corrected chi connectivity index (χ0v) is 11.5. The van der Waals surface area contributed by atoms with E-state index in [0.29, 0.717) is 6.04 Å². The van der Waals surface area contributed by atoms with Crippen LogP contribution >= 0.6 is 0 Å². The zero-order chi connectivity index (χ0) is 12.8. The average molecular weight is 240 g/mol. The summed E-state index contributed by atoms with van der Waals surface area (Å²) in [5.74, 6) is 0.978. The number of nitrogens with one attached hydrogen (secondary N) is 1. The maximum Gasteiger partial charge on any atom is 0.204 e. The predicted molar refractivity (Wildman–Crippen MR) is 70.3 cm³/mol. The van der Waals surface area contributed by atoms with E-state index in [1.165, 1.54) is 5.69 Å². The third-order valence-electron chi connectivity index (χ3n) is 2.85. The van der Waals surface area contributed by atoms with Gasteiger partial charge in [0.05, 0.1) is 11.9 Å². The summed E-state index contributed by atoms with van der Waals surface area (Å²) < 4.78 is 7.17. The van der Waals surface area contributed by atoms with Crippen LogP contribution < -0.4 is 10.2 Å². The Labute approximate surface area is 104 Å². The van der Waals surface area contributed by atoms with Crippen molar-refractivity contribution in [2.24, 2.45) is 7.05 Å². The summed E-state index contributed by atoms with van der Waals surface area (Å²) in [6.07, 6.45) is 2.94. The Morgan fingerprint density at radius 1 is 1.53 bits per heavy atom. The molecule has 0 amide bonds. The molecule has 17 heavy (non-hydrogen) atoms. The van der Waals surface area contributed by atoms with Crippen LogP contribution in [0.4, 0.5) is 5.95 Å². The lowest BCUT2D eigenvalue weighted by molar-refractivity contribution is 0.184. The van der Waals surface area contributed by atoms with Crippen LogP contribution in [-0.2, 0) is 18.3 Å². The van der Waals surface area contributed by atoms with Gasteiger partial charge in [-0.15, -0.1) is 0 Å². The van der Waals surface area contributed by atoms with Crippen molar-refractivity contribution in [1.29, 1.82) is 0 Å². The van der Waals surface area contributed by atoms with E-state index in [0.717, 1.165) is 25.5 Å². The number of aromatic nitrogens is 2. The molecule has 0 spiro atoms. The molecule has 1 atom stereocenters. The molecule has 1 rings (SSSR count). The summed E-state index contributed by atoms with van der Waals surface area (Å²) in [5.41, 5.74) is 1.19. The van der Waals surface area contributed by atoms with E-state index >= 15 is 0 Å². The number of rotatable bonds is 7. The van der Waals surface area contributed by atoms with Crippen LogP contribution in [0.3, 0.4) is 0 Å². The molecular weight excluding hydrogens is 216 g/mol. The van der Waals surface area contributed by atoms with E-state index in [4.69, 9.17) is 4.74 Å². The first-order chi connectivity index (χ1) is 8.06. The highest BCUT2D eigenvalue weighted by Gasteiger charge is 2.08. The van der Waals surface area contributed by atoms with Crippen LogP contribution in [-0.4, -0.2) is 43.4 Å². The van der Waals surface area contributed by atoms with Crippen molar-refractivity contribution < 1.29 is 4.74 Å². The molecule has 0 aliphatic carbocycles. The van der Waals surface area contributed by atoms with Crippen molar-refractivity contribution in [2.45, 2.75) is 25.9 Å². The van der Waals surface area contributed by atoms with Gasteiger partial charge in [-0.2, -0.15) is 0 Å². The van der Waals surface area contributed by atoms with E-state index in [2.05, 4.69) is 21.8 Å². The van der Waals surface area contributed by atoms with Gasteiger partial charge in [0.25, 0.3) is 0 Å². The normalized spacial score (nSPS) is 12.8. The number of hydrogen-bond acceptors (Lipinski definition) is 4. The second-order valence-electron chi connectivity index (χ2n) is 4.57. The molecule has 0 saturated heterocycles. The van der Waals surface area contributed by atoms with E-state index < -0.39 is 0 Å². The molecule has 0 bridgehead atoms. The molecule has 5 heteroatoms. The molecule has 1 aromatic rings. The molecule has 1 unspecified atom stereocenters. The maximum absolute atomic E-state index is 5.06. The van der Waals surface area contributed by atoms with Gasteiger partial charge in [-0.25, -0.2) is 4.98 Å². The minimum Gasteiger partial charge on any atom is -0.385 e. The Morgan fingerprint density at radius 3 is 2.76 bits per heavy atom. The summed E-state index contributed by atoms with van der Waals surface area (Å²) in [4.78, 5) is 6.39. The summed E-state index contributed by atoms with van der Waals surface area (Å²) in [5, 5.41) is 3.47. The van der Waals surface area contributed by atoms with Crippen molar-refractivity contribution in [1.82, 2.24) is 14.9 Å². The fourth-order valence-electron chi connectivity index (χ4n) is 1.69. The Bertz CT molecular complexity index is 335. The van der Waals surface area contributed by atoms with Crippen molar-refractivity contribution in [2.75, 3.05) is 32.7 Å². The van der Waals surface area contributed by atoms with E-state index in [9.17, 15) is 0 Å². The summed E-state index contributed by atoms with van der Waals surface area (Å²) >= 11 is 0. The monoisotopic (exact) mass is 240 g/mol. The maximum atomic E-state index is 5.06. The molecule has 0 aliphatic heterocycles. The third-order valence-corrected chi connectivity index (χ3v) is 2.85. The first-order valence-electron chi connectivity index (χ1n) is 5.96. The van der Waals surface area contributed by atoms with Gasteiger partial charge in [0, 0.05) is 47.4 Å². The first-order valence-corrected chi connectivity index (χ1v) is 5.96. The predicted octanol–water partition coefficient (Wildman–Crippen LogP) is 1.00. The fourth-order valence-corrected chi connectivity index (χ4v) is 1.69. The van der Waals surface area contributed by atoms with Crippen LogP contribution in [0, 0.1) is 0 Å². The minimum atomic E-state index is 0.452. The highest BCUT2D eigenvalue weighted by molar-refractivity contribution is 5.30. The molecule has 0 aromatic carbocycles. The van der Waals surface area contributed by atoms with E-state index in [1.807, 2.05) is 32.2 Å². The lowest BCUT2D eigenvalue weighted by atomic mass is 10.2. The van der Waals surface area contributed by atoms with Gasteiger partial charge in [0.2, 0.25) is 5.95 Å². The molecular formula is C12H24N4O. The molecule has 0 aliphatic rings. The number of hydrogen-bond donors (Lipinski definition) is 1. The highest BCUT2D eigenvalue weighted by atomic mass is 16.5. The topological polar surface area (TPSA) is 42.3 Å². The van der Waals surface area contributed by atoms with Gasteiger partial charge < -0.3 is 19.5 Å². The quantitative estimate of drug-likeness (QED) is 0.772. The van der Waals surface area contributed by atoms with Crippen molar-refractivity contribution >= 4 is 5.95 Å². The van der Waals surface area contributed by atoms with Gasteiger partial charge >= 0.3 is 0 Å². The molecule has 1 heterocycles. The molecule has 1 aromatic heterocycles. The molecule has 5 nitrogen and oxygen atoms in total. The van der Waals surface area contributed by atoms with Crippen LogP contribution in [0.2, 0.25) is 0 Å². The Hall–Kier alpha value is -1.07. The highest BCUT2D eigenvalue weighted by Crippen LogP contribution is 2.10. The number of nitrogens with zero attached hydrogens (tertiary/aromatic N) is 3. The SMILES string of the molecule is COCCC(C)NCc1cnc(N(C)C)n1C. The Balaban J connectivity index is 2.46. The van der Waals surface area contributed by atoms with Crippen molar-refractivity contribution in [3.05, 3.63) is 11.9 Å². The first kappa shape index (κ1) is 14.0. The van der Waals surface area contributed by atoms with Gasteiger partial charge in [-0.05, 0) is 13.3 Å². The van der Waals surface area contributed by atoms with Crippen molar-refractivity contribution in [3.63, 3.8) is 0 Å². The number of ether oxygens (including phenoxy) is 1. The summed E-state index contributed by atoms with van der Waals surface area (Å²) in [6, 6.07) is 0.452. The van der Waals surface area contributed by atoms with Crippen LogP contribution in [0.25, 0.3) is 0 Å². The number of imidazole rings is 1. The smallest absolute Gasteiger partial charge is 0.204 e. The summed E-state index contributed by atoms with van der Waals surface area (Å²) in [6.45, 7) is 3.80. The molecule has 0 saturated carbocycles. The van der Waals surface area contributed by atoms with Crippen LogP contribution in [0.5, 0.6) is 0 Å². The Kier molecular flexibility index (Phi) is 5.44. The molecule has 98 valence electrons. The fraction of sp³-hybridized carbons (Fsp3) is 0.750. The lowest BCUT2D eigenvalue weighted by Crippen LogP contribution is -2.27. The summed E-state index contributed by atoms with van der Waals surface area (Å²) in [7, 11) is 7.78. The zero-order valence-electron chi connectivity index (χ0n) is 11.5. The largest absolute Gasteiger partial charge is 0.385 e. The second-order valence-corrected chi connectivity index (χ2v) is 4.57. The second kappa shape index (κ2) is 6.61. The third kappa shape index (κ3) is 4.02. The van der Waals surface area contributed by atoms with Gasteiger partial charge in [-0.1, -0.05) is 0 Å². The molecule has 1 N–H and O–H groups in total. The van der Waals surface area contributed by atoms with Crippen molar-refractivity contribution in [3.8, 4) is 0 Å². The van der Waals surface area contributed by atoms with Gasteiger partial charge in [0.1, 0.15) is 0 Å². The molecule has 0 radical (unpaired) electrons. The minimum absolute atomic E-state index is 0.452. The molecule has 0 fully saturated rings. The van der Waals surface area contributed by atoms with Gasteiger partial charge in [-0.3, -0.25) is 0 Å². The standard InChI is InChI=1S/C12H24N4O/c1-10(6-7-17-5)13-8-11-9-14-12(15(2)3)16(11)4/h9-10,13H,6-8H2,1-5H3. The number of methoxy groups -OCH3 is 1. The van der Waals surface area contributed by atoms with Gasteiger partial charge in [0.15, 0.2) is 0 Å². The van der Waals surface area contributed by atoms with E-state index in [1.54, 1.807) is 7.11 Å². The number of anilines is 1. The van der Waals surface area contributed by atoms with Crippen LogP contribution in [0.1, 0.15) is 19.0 Å². The average Bonchev–Trinajstić information content (AvgIpc) is 2.65. The lowest BCUT2D eigenvalue weighted by Gasteiger charge is -2.15. The van der Waals surface area contributed by atoms with E-state index in [-0.39, 0.29) is 0 Å².